The van der Waals surface area contributed by atoms with E-state index in [9.17, 15) is 9.59 Å². The lowest BCUT2D eigenvalue weighted by Crippen LogP contribution is -2.21. The van der Waals surface area contributed by atoms with Crippen LogP contribution >= 0.6 is 11.8 Å². The molecule has 0 bridgehead atoms. The van der Waals surface area contributed by atoms with E-state index in [4.69, 9.17) is 14.2 Å². The van der Waals surface area contributed by atoms with Crippen molar-refractivity contribution >= 4 is 29.3 Å². The Labute approximate surface area is 149 Å². The van der Waals surface area contributed by atoms with Crippen LogP contribution in [0.5, 0.6) is 11.5 Å². The van der Waals surface area contributed by atoms with Crippen molar-refractivity contribution in [2.75, 3.05) is 24.5 Å². The van der Waals surface area contributed by atoms with Crippen LogP contribution < -0.4 is 14.8 Å². The lowest BCUT2D eigenvalue weighted by molar-refractivity contribution is -0.144. The van der Waals surface area contributed by atoms with Crippen molar-refractivity contribution in [3.8, 4) is 11.5 Å². The van der Waals surface area contributed by atoms with Gasteiger partial charge in [-0.05, 0) is 30.7 Å². The highest BCUT2D eigenvalue weighted by Gasteiger charge is 2.15. The molecule has 1 amide bonds. The number of fused-ring (bicyclic) bond motifs is 1. The largest absolute Gasteiger partial charge is 0.455 e. The fraction of sp³-hybridized carbons (Fsp3) is 0.222. The second-order valence-corrected chi connectivity index (χ2v) is 6.35. The number of nitrogens with one attached hydrogen (secondary N) is 1. The van der Waals surface area contributed by atoms with Gasteiger partial charge >= 0.3 is 5.97 Å². The molecule has 1 N–H and O–H groups in total. The summed E-state index contributed by atoms with van der Waals surface area (Å²) in [6.07, 6.45) is 0. The molecule has 2 aromatic carbocycles. The number of benzene rings is 2. The Morgan fingerprint density at radius 1 is 1.16 bits per heavy atom. The summed E-state index contributed by atoms with van der Waals surface area (Å²) in [5, 5.41) is 2.65. The van der Waals surface area contributed by atoms with Gasteiger partial charge in [-0.25, -0.2) is 0 Å². The summed E-state index contributed by atoms with van der Waals surface area (Å²) in [6, 6.07) is 12.9. The lowest BCUT2D eigenvalue weighted by Gasteiger charge is -2.08. The average Bonchev–Trinajstić information content (AvgIpc) is 3.07. The van der Waals surface area contributed by atoms with E-state index in [0.29, 0.717) is 17.2 Å². The van der Waals surface area contributed by atoms with Crippen LogP contribution in [0, 0.1) is 6.92 Å². The highest BCUT2D eigenvalue weighted by Crippen LogP contribution is 2.34. The molecule has 2 aromatic rings. The molecule has 3 rings (SSSR count). The topological polar surface area (TPSA) is 73.9 Å². The van der Waals surface area contributed by atoms with Crippen molar-refractivity contribution in [2.45, 2.75) is 11.8 Å². The Bertz CT molecular complexity index is 793. The fourth-order valence-electron chi connectivity index (χ4n) is 2.21. The quantitative estimate of drug-likeness (QED) is 0.631. The first-order chi connectivity index (χ1) is 12.1. The summed E-state index contributed by atoms with van der Waals surface area (Å²) in [6.45, 7) is 1.82. The maximum absolute atomic E-state index is 11.9. The average molecular weight is 359 g/mol. The van der Waals surface area contributed by atoms with Crippen LogP contribution in [0.3, 0.4) is 0 Å². The number of esters is 1. The molecule has 6 nitrogen and oxygen atoms in total. The molecule has 7 heteroatoms. The van der Waals surface area contributed by atoms with Gasteiger partial charge in [-0.2, -0.15) is 0 Å². The maximum Gasteiger partial charge on any atom is 0.316 e. The Kier molecular flexibility index (Phi) is 5.45. The van der Waals surface area contributed by atoms with E-state index in [2.05, 4.69) is 5.32 Å². The minimum Gasteiger partial charge on any atom is -0.455 e. The zero-order valence-corrected chi connectivity index (χ0v) is 14.4. The van der Waals surface area contributed by atoms with E-state index in [1.807, 2.05) is 31.2 Å². The number of anilines is 1. The predicted molar refractivity (Wildman–Crippen MR) is 94.1 cm³/mol. The zero-order chi connectivity index (χ0) is 17.6. The highest BCUT2D eigenvalue weighted by molar-refractivity contribution is 8.00. The normalized spacial score (nSPS) is 11.9. The number of carbonyl (C=O) groups is 2. The van der Waals surface area contributed by atoms with Gasteiger partial charge in [-0.3, -0.25) is 9.59 Å². The monoisotopic (exact) mass is 359 g/mol. The number of hydrogen-bond donors (Lipinski definition) is 1. The second-order valence-electron chi connectivity index (χ2n) is 5.33. The van der Waals surface area contributed by atoms with Gasteiger partial charge in [0.05, 0.1) is 5.75 Å². The van der Waals surface area contributed by atoms with E-state index in [-0.39, 0.29) is 19.2 Å². The molecule has 0 spiro atoms. The molecular formula is C18H17NO5S. The van der Waals surface area contributed by atoms with Crippen molar-refractivity contribution in [2.24, 2.45) is 0 Å². The molecule has 0 fully saturated rings. The summed E-state index contributed by atoms with van der Waals surface area (Å²) in [4.78, 5) is 24.7. The fourth-order valence-corrected chi connectivity index (χ4v) is 3.04. The van der Waals surface area contributed by atoms with E-state index < -0.39 is 11.9 Å². The van der Waals surface area contributed by atoms with Gasteiger partial charge in [-0.1, -0.05) is 18.2 Å². The molecule has 0 aliphatic carbocycles. The Balaban J connectivity index is 1.42. The number of thioether (sulfide) groups is 1. The van der Waals surface area contributed by atoms with Gasteiger partial charge in [0.25, 0.3) is 5.91 Å². The van der Waals surface area contributed by atoms with Crippen LogP contribution in [0.15, 0.2) is 47.4 Å². The molecule has 0 radical (unpaired) electrons. The third kappa shape index (κ3) is 4.67. The van der Waals surface area contributed by atoms with Crippen LogP contribution in [0.25, 0.3) is 0 Å². The van der Waals surface area contributed by atoms with Crippen molar-refractivity contribution in [1.82, 2.24) is 0 Å². The molecule has 0 atom stereocenters. The van der Waals surface area contributed by atoms with Gasteiger partial charge in [-0.15, -0.1) is 11.8 Å². The van der Waals surface area contributed by atoms with Crippen LogP contribution in [0.4, 0.5) is 5.69 Å². The minimum atomic E-state index is -0.436. The van der Waals surface area contributed by atoms with Crippen LogP contribution in [-0.2, 0) is 14.3 Å². The van der Waals surface area contributed by atoms with E-state index in [0.717, 1.165) is 10.5 Å². The summed E-state index contributed by atoms with van der Waals surface area (Å²) in [7, 11) is 0. The van der Waals surface area contributed by atoms with Crippen molar-refractivity contribution in [1.29, 1.82) is 0 Å². The predicted octanol–water partition coefficient (Wildman–Crippen LogP) is 3.00. The molecule has 25 heavy (non-hydrogen) atoms. The van der Waals surface area contributed by atoms with Crippen LogP contribution in [0.1, 0.15) is 5.56 Å². The third-order valence-corrected chi connectivity index (χ3v) is 4.61. The molecular weight excluding hydrogens is 342 g/mol. The molecule has 0 saturated carbocycles. The Hall–Kier alpha value is -2.67. The highest BCUT2D eigenvalue weighted by atomic mass is 32.2. The second kappa shape index (κ2) is 7.94. The summed E-state index contributed by atoms with van der Waals surface area (Å²) in [5.41, 5.74) is 1.65. The molecule has 0 saturated heterocycles. The molecule has 130 valence electrons. The first-order valence-electron chi connectivity index (χ1n) is 7.65. The molecule has 0 aromatic heterocycles. The number of aryl methyl sites for hydroxylation is 1. The third-order valence-electron chi connectivity index (χ3n) is 3.46. The number of hydrogen-bond acceptors (Lipinski definition) is 6. The van der Waals surface area contributed by atoms with E-state index >= 15 is 0 Å². The summed E-state index contributed by atoms with van der Waals surface area (Å²) >= 11 is 1.39. The number of amides is 1. The van der Waals surface area contributed by atoms with Crippen molar-refractivity contribution in [3.63, 3.8) is 0 Å². The Morgan fingerprint density at radius 3 is 2.80 bits per heavy atom. The minimum absolute atomic E-state index is 0.155. The SMILES string of the molecule is Cc1ccccc1SCC(=O)OCC(=O)Nc1ccc2c(c1)OCO2. The first-order valence-corrected chi connectivity index (χ1v) is 8.64. The number of ether oxygens (including phenoxy) is 3. The molecule has 1 heterocycles. The molecule has 0 unspecified atom stereocenters. The first kappa shape index (κ1) is 17.2. The van der Waals surface area contributed by atoms with E-state index in [1.54, 1.807) is 18.2 Å². The van der Waals surface area contributed by atoms with E-state index in [1.165, 1.54) is 11.8 Å². The molecule has 1 aliphatic heterocycles. The van der Waals surface area contributed by atoms with Crippen LogP contribution in [0.2, 0.25) is 0 Å². The standard InChI is InChI=1S/C18H17NO5S/c1-12-4-2-3-5-16(12)25-10-18(21)22-9-17(20)19-13-6-7-14-15(8-13)24-11-23-14/h2-8H,9-11H2,1H3,(H,19,20). The van der Waals surface area contributed by atoms with Crippen molar-refractivity contribution in [3.05, 3.63) is 48.0 Å². The number of carbonyl (C=O) groups excluding carboxylic acids is 2. The van der Waals surface area contributed by atoms with Gasteiger partial charge in [0, 0.05) is 16.6 Å². The smallest absolute Gasteiger partial charge is 0.316 e. The van der Waals surface area contributed by atoms with Gasteiger partial charge in [0.15, 0.2) is 18.1 Å². The summed E-state index contributed by atoms with van der Waals surface area (Å²) in [5.74, 6) is 0.520. The van der Waals surface area contributed by atoms with Crippen molar-refractivity contribution < 1.29 is 23.8 Å². The maximum atomic E-state index is 11.9. The summed E-state index contributed by atoms with van der Waals surface area (Å²) < 4.78 is 15.4. The lowest BCUT2D eigenvalue weighted by atomic mass is 10.2. The number of rotatable bonds is 6. The molecule has 1 aliphatic rings. The van der Waals surface area contributed by atoms with Gasteiger partial charge in [0.2, 0.25) is 6.79 Å². The van der Waals surface area contributed by atoms with Gasteiger partial charge in [0.1, 0.15) is 0 Å². The Morgan fingerprint density at radius 2 is 1.96 bits per heavy atom. The zero-order valence-electron chi connectivity index (χ0n) is 13.6. The van der Waals surface area contributed by atoms with Gasteiger partial charge < -0.3 is 19.5 Å². The van der Waals surface area contributed by atoms with Crippen LogP contribution in [-0.4, -0.2) is 31.0 Å².